The largest absolute Gasteiger partial charge is 0.462 e. The zero-order valence-electron chi connectivity index (χ0n) is 10.9. The Morgan fingerprint density at radius 2 is 1.87 bits per heavy atom. The van der Waals surface area contributed by atoms with Crippen molar-refractivity contribution >= 4 is 5.97 Å². The molecule has 0 radical (unpaired) electrons. The lowest BCUT2D eigenvalue weighted by molar-refractivity contribution is -0.154. The highest BCUT2D eigenvalue weighted by Gasteiger charge is 2.26. The van der Waals surface area contributed by atoms with Gasteiger partial charge in [0.15, 0.2) is 0 Å². The Balaban J connectivity index is 3.86. The first-order valence-electron chi connectivity index (χ1n) is 6.13. The van der Waals surface area contributed by atoms with E-state index < -0.39 is 0 Å². The molecule has 0 aromatic heterocycles. The Morgan fingerprint density at radius 3 is 2.33 bits per heavy atom. The van der Waals surface area contributed by atoms with E-state index in [1.807, 2.05) is 6.92 Å². The Labute approximate surface area is 94.4 Å². The summed E-state index contributed by atoms with van der Waals surface area (Å²) in [7, 11) is 0. The lowest BCUT2D eigenvalue weighted by Gasteiger charge is -2.30. The summed E-state index contributed by atoms with van der Waals surface area (Å²) in [6.07, 6.45) is 4.81. The van der Waals surface area contributed by atoms with Crippen molar-refractivity contribution in [2.45, 2.75) is 72.8 Å². The summed E-state index contributed by atoms with van der Waals surface area (Å²) < 4.78 is 5.41. The second-order valence-electron chi connectivity index (χ2n) is 4.93. The molecule has 15 heavy (non-hydrogen) atoms. The van der Waals surface area contributed by atoms with E-state index in [9.17, 15) is 4.79 Å². The molecule has 0 rings (SSSR count). The van der Waals surface area contributed by atoms with Crippen LogP contribution >= 0.6 is 0 Å². The van der Waals surface area contributed by atoms with Crippen LogP contribution in [-0.4, -0.2) is 12.1 Å². The van der Waals surface area contributed by atoms with Gasteiger partial charge >= 0.3 is 5.97 Å². The van der Waals surface area contributed by atoms with Gasteiger partial charge in [-0.2, -0.15) is 0 Å². The van der Waals surface area contributed by atoms with E-state index in [0.717, 1.165) is 25.7 Å². The maximum Gasteiger partial charge on any atom is 0.306 e. The van der Waals surface area contributed by atoms with Gasteiger partial charge in [-0.25, -0.2) is 0 Å². The second-order valence-corrected chi connectivity index (χ2v) is 4.93. The van der Waals surface area contributed by atoms with E-state index in [1.165, 1.54) is 0 Å². The lowest BCUT2D eigenvalue weighted by Crippen LogP contribution is -2.30. The summed E-state index contributed by atoms with van der Waals surface area (Å²) in [6, 6.07) is 0. The summed E-state index contributed by atoms with van der Waals surface area (Å²) >= 11 is 0. The lowest BCUT2D eigenvalue weighted by atomic mass is 9.85. The molecular formula is C13H26O2. The quantitative estimate of drug-likeness (QED) is 0.474. The molecule has 0 aliphatic carbocycles. The van der Waals surface area contributed by atoms with Crippen LogP contribution in [0.25, 0.3) is 0 Å². The van der Waals surface area contributed by atoms with Gasteiger partial charge in [-0.1, -0.05) is 40.5 Å². The van der Waals surface area contributed by atoms with Crippen molar-refractivity contribution in [2.24, 2.45) is 5.41 Å². The van der Waals surface area contributed by atoms with Crippen molar-refractivity contribution in [2.75, 3.05) is 0 Å². The van der Waals surface area contributed by atoms with Crippen LogP contribution in [0.2, 0.25) is 0 Å². The van der Waals surface area contributed by atoms with Gasteiger partial charge in [0.1, 0.15) is 6.10 Å². The van der Waals surface area contributed by atoms with Crippen LogP contribution in [0.1, 0.15) is 66.7 Å². The van der Waals surface area contributed by atoms with E-state index in [0.29, 0.717) is 6.42 Å². The second kappa shape index (κ2) is 6.86. The molecule has 2 nitrogen and oxygen atoms in total. The third-order valence-corrected chi connectivity index (χ3v) is 3.30. The van der Waals surface area contributed by atoms with Gasteiger partial charge in [0.2, 0.25) is 0 Å². The Bertz CT molecular complexity index is 185. The van der Waals surface area contributed by atoms with E-state index in [2.05, 4.69) is 27.7 Å². The number of ether oxygens (including phenoxy) is 1. The fourth-order valence-electron chi connectivity index (χ4n) is 1.22. The van der Waals surface area contributed by atoms with Gasteiger partial charge in [0.05, 0.1) is 0 Å². The number of hydrogen-bond acceptors (Lipinski definition) is 2. The van der Waals surface area contributed by atoms with Crippen LogP contribution in [0.3, 0.4) is 0 Å². The third-order valence-electron chi connectivity index (χ3n) is 3.30. The van der Waals surface area contributed by atoms with E-state index in [1.54, 1.807) is 0 Å². The molecular weight excluding hydrogens is 188 g/mol. The summed E-state index contributed by atoms with van der Waals surface area (Å²) in [4.78, 5) is 11.5. The van der Waals surface area contributed by atoms with Crippen LogP contribution in [0.5, 0.6) is 0 Å². The zero-order chi connectivity index (χ0) is 11.9. The number of esters is 1. The average Bonchev–Trinajstić information content (AvgIpc) is 2.18. The minimum Gasteiger partial charge on any atom is -0.462 e. The van der Waals surface area contributed by atoms with Crippen molar-refractivity contribution in [1.82, 2.24) is 0 Å². The van der Waals surface area contributed by atoms with Crippen LogP contribution in [0.4, 0.5) is 0 Å². The fourth-order valence-corrected chi connectivity index (χ4v) is 1.22. The Hall–Kier alpha value is -0.530. The minimum atomic E-state index is -0.0440. The first-order chi connectivity index (χ1) is 6.94. The van der Waals surface area contributed by atoms with Gasteiger partial charge in [-0.15, -0.1) is 0 Å². The number of rotatable bonds is 7. The van der Waals surface area contributed by atoms with E-state index in [4.69, 9.17) is 4.74 Å². The third kappa shape index (κ3) is 5.81. The first-order valence-corrected chi connectivity index (χ1v) is 6.13. The van der Waals surface area contributed by atoms with E-state index >= 15 is 0 Å². The molecule has 0 heterocycles. The van der Waals surface area contributed by atoms with Crippen molar-refractivity contribution in [3.8, 4) is 0 Å². The molecule has 0 fully saturated rings. The predicted molar refractivity (Wildman–Crippen MR) is 63.8 cm³/mol. The van der Waals surface area contributed by atoms with Gasteiger partial charge in [-0.05, 0) is 19.8 Å². The summed E-state index contributed by atoms with van der Waals surface area (Å²) in [5.74, 6) is -0.0440. The Kier molecular flexibility index (Phi) is 6.62. The monoisotopic (exact) mass is 214 g/mol. The first kappa shape index (κ1) is 14.5. The number of unbranched alkanes of at least 4 members (excludes halogenated alkanes) is 2. The van der Waals surface area contributed by atoms with Crippen molar-refractivity contribution in [3.63, 3.8) is 0 Å². The minimum absolute atomic E-state index is 0.0108. The SMILES string of the molecule is CCCCCC(=O)OC(C)C(C)(C)CC. The molecule has 1 unspecified atom stereocenters. The zero-order valence-corrected chi connectivity index (χ0v) is 10.9. The molecule has 90 valence electrons. The molecule has 0 N–H and O–H groups in total. The van der Waals surface area contributed by atoms with Crippen molar-refractivity contribution in [1.29, 1.82) is 0 Å². The van der Waals surface area contributed by atoms with Crippen LogP contribution < -0.4 is 0 Å². The smallest absolute Gasteiger partial charge is 0.306 e. The Morgan fingerprint density at radius 1 is 1.27 bits per heavy atom. The number of carbonyl (C=O) groups excluding carboxylic acids is 1. The van der Waals surface area contributed by atoms with Gasteiger partial charge in [-0.3, -0.25) is 4.79 Å². The summed E-state index contributed by atoms with van der Waals surface area (Å²) in [5, 5.41) is 0. The van der Waals surface area contributed by atoms with Crippen molar-refractivity contribution < 1.29 is 9.53 Å². The normalized spacial score (nSPS) is 13.7. The number of carbonyl (C=O) groups is 1. The molecule has 0 amide bonds. The highest BCUT2D eigenvalue weighted by Crippen LogP contribution is 2.27. The molecule has 0 saturated heterocycles. The van der Waals surface area contributed by atoms with Crippen LogP contribution in [0, 0.1) is 5.41 Å². The summed E-state index contributed by atoms with van der Waals surface area (Å²) in [6.45, 7) is 10.5. The fraction of sp³-hybridized carbons (Fsp3) is 0.923. The maximum absolute atomic E-state index is 11.5. The maximum atomic E-state index is 11.5. The van der Waals surface area contributed by atoms with Gasteiger partial charge < -0.3 is 4.74 Å². The standard InChI is InChI=1S/C13H26O2/c1-6-8-9-10-12(14)15-11(3)13(4,5)7-2/h11H,6-10H2,1-5H3. The molecule has 0 bridgehead atoms. The topological polar surface area (TPSA) is 26.3 Å². The average molecular weight is 214 g/mol. The highest BCUT2D eigenvalue weighted by molar-refractivity contribution is 5.69. The molecule has 0 aromatic carbocycles. The molecule has 0 aliphatic heterocycles. The van der Waals surface area contributed by atoms with Crippen LogP contribution in [0.15, 0.2) is 0 Å². The number of hydrogen-bond donors (Lipinski definition) is 0. The molecule has 2 heteroatoms. The van der Waals surface area contributed by atoms with Crippen LogP contribution in [-0.2, 0) is 9.53 Å². The molecule has 0 aliphatic rings. The van der Waals surface area contributed by atoms with E-state index in [-0.39, 0.29) is 17.5 Å². The summed E-state index contributed by atoms with van der Waals surface area (Å²) in [5.41, 5.74) is 0.0837. The molecule has 0 aromatic rings. The van der Waals surface area contributed by atoms with Gasteiger partial charge in [0, 0.05) is 11.8 Å². The predicted octanol–water partition coefficient (Wildman–Crippen LogP) is 3.93. The molecule has 0 spiro atoms. The molecule has 1 atom stereocenters. The van der Waals surface area contributed by atoms with Crippen molar-refractivity contribution in [3.05, 3.63) is 0 Å². The highest BCUT2D eigenvalue weighted by atomic mass is 16.5. The molecule has 0 saturated carbocycles. The van der Waals surface area contributed by atoms with Gasteiger partial charge in [0.25, 0.3) is 0 Å².